The van der Waals surface area contributed by atoms with Crippen LogP contribution in [0.4, 0.5) is 11.4 Å². The molecule has 3 aromatic rings. The smallest absolute Gasteiger partial charge is 0.255 e. The average Bonchev–Trinajstić information content (AvgIpc) is 3.33. The molecular formula is C23H28N6OS. The summed E-state index contributed by atoms with van der Waals surface area (Å²) >= 11 is 1.58. The van der Waals surface area contributed by atoms with Gasteiger partial charge in [-0.25, -0.2) is 4.98 Å². The van der Waals surface area contributed by atoms with Gasteiger partial charge in [-0.1, -0.05) is 30.8 Å². The Labute approximate surface area is 187 Å². The Morgan fingerprint density at radius 3 is 2.55 bits per heavy atom. The molecule has 0 spiro atoms. The number of aryl methyl sites for hydroxylation is 1. The molecule has 31 heavy (non-hydrogen) atoms. The van der Waals surface area contributed by atoms with Crippen LogP contribution in [0.5, 0.6) is 0 Å². The fourth-order valence-corrected chi connectivity index (χ4v) is 4.40. The van der Waals surface area contributed by atoms with Crippen LogP contribution in [0.25, 0.3) is 0 Å². The van der Waals surface area contributed by atoms with E-state index in [0.29, 0.717) is 5.56 Å². The number of carbonyl (C=O) groups excluding carboxylic acids is 1. The Hall–Kier alpha value is -2.84. The van der Waals surface area contributed by atoms with Crippen LogP contribution in [0.3, 0.4) is 0 Å². The molecule has 1 aliphatic rings. The number of carbonyl (C=O) groups is 1. The molecule has 0 aliphatic carbocycles. The number of rotatable bonds is 7. The van der Waals surface area contributed by atoms with Crippen molar-refractivity contribution in [1.29, 1.82) is 0 Å². The van der Waals surface area contributed by atoms with Crippen LogP contribution in [0.1, 0.15) is 28.4 Å². The molecule has 0 bridgehead atoms. The van der Waals surface area contributed by atoms with Crippen LogP contribution in [-0.4, -0.2) is 58.7 Å². The quantitative estimate of drug-likeness (QED) is 0.549. The van der Waals surface area contributed by atoms with E-state index in [9.17, 15) is 4.79 Å². The molecule has 8 heteroatoms. The standard InChI is InChI=1S/C23H28N6OS/c1-3-28-10-12-29(13-11-28)20-8-9-21(17(2)14-20)26-22(30)19-6-4-18(5-7-19)15-31-23-24-16-25-27-23/h4-9,14,16H,3,10-13,15H2,1-2H3,(H,26,30)(H,24,25,27). The van der Waals surface area contributed by atoms with E-state index in [1.54, 1.807) is 11.8 Å². The number of hydrogen-bond donors (Lipinski definition) is 2. The van der Waals surface area contributed by atoms with Gasteiger partial charge in [0.15, 0.2) is 5.16 Å². The van der Waals surface area contributed by atoms with Crippen LogP contribution in [0.15, 0.2) is 53.9 Å². The zero-order valence-corrected chi connectivity index (χ0v) is 18.8. The van der Waals surface area contributed by atoms with Gasteiger partial charge in [0.2, 0.25) is 0 Å². The van der Waals surface area contributed by atoms with Crippen molar-refractivity contribution in [3.63, 3.8) is 0 Å². The third-order valence-electron chi connectivity index (χ3n) is 5.63. The largest absolute Gasteiger partial charge is 0.369 e. The first-order valence-corrected chi connectivity index (χ1v) is 11.6. The molecule has 2 heterocycles. The van der Waals surface area contributed by atoms with Gasteiger partial charge in [-0.3, -0.25) is 9.89 Å². The molecule has 0 atom stereocenters. The van der Waals surface area contributed by atoms with Gasteiger partial charge in [0.05, 0.1) is 0 Å². The predicted octanol–water partition coefficient (Wildman–Crippen LogP) is 3.80. The summed E-state index contributed by atoms with van der Waals surface area (Å²) in [6.45, 7) is 9.65. The first-order valence-electron chi connectivity index (χ1n) is 10.6. The van der Waals surface area contributed by atoms with Crippen molar-refractivity contribution < 1.29 is 4.79 Å². The molecule has 1 saturated heterocycles. The molecule has 4 rings (SSSR count). The minimum Gasteiger partial charge on any atom is -0.369 e. The van der Waals surface area contributed by atoms with E-state index in [1.807, 2.05) is 37.3 Å². The summed E-state index contributed by atoms with van der Waals surface area (Å²) in [4.78, 5) is 21.7. The van der Waals surface area contributed by atoms with Crippen molar-refractivity contribution >= 4 is 29.0 Å². The molecule has 0 saturated carbocycles. The molecule has 1 fully saturated rings. The number of likely N-dealkylation sites (N-methyl/N-ethyl adjacent to an activating group) is 1. The van der Waals surface area contributed by atoms with E-state index < -0.39 is 0 Å². The third kappa shape index (κ3) is 5.45. The van der Waals surface area contributed by atoms with Crippen molar-refractivity contribution in [2.45, 2.75) is 24.8 Å². The first kappa shape index (κ1) is 21.4. The van der Waals surface area contributed by atoms with Crippen LogP contribution >= 0.6 is 11.8 Å². The lowest BCUT2D eigenvalue weighted by Crippen LogP contribution is -2.46. The predicted molar refractivity (Wildman–Crippen MR) is 126 cm³/mol. The molecule has 0 radical (unpaired) electrons. The summed E-state index contributed by atoms with van der Waals surface area (Å²) in [6.07, 6.45) is 1.50. The second-order valence-corrected chi connectivity index (χ2v) is 8.61. The first-order chi connectivity index (χ1) is 15.1. The minimum absolute atomic E-state index is 0.0955. The monoisotopic (exact) mass is 436 g/mol. The lowest BCUT2D eigenvalue weighted by Gasteiger charge is -2.35. The number of H-pyrrole nitrogens is 1. The SMILES string of the molecule is CCN1CCN(c2ccc(NC(=O)c3ccc(CSc4ncn[nH]4)cc3)c(C)c2)CC1. The Bertz CT molecular complexity index is 997. The maximum atomic E-state index is 12.7. The summed E-state index contributed by atoms with van der Waals surface area (Å²) in [5.74, 6) is 0.673. The van der Waals surface area contributed by atoms with Crippen molar-refractivity contribution in [3.8, 4) is 0 Å². The lowest BCUT2D eigenvalue weighted by atomic mass is 10.1. The third-order valence-corrected chi connectivity index (χ3v) is 6.58. The topological polar surface area (TPSA) is 77.2 Å². The van der Waals surface area contributed by atoms with E-state index in [0.717, 1.165) is 60.4 Å². The van der Waals surface area contributed by atoms with Gasteiger partial charge in [-0.2, -0.15) is 5.10 Å². The van der Waals surface area contributed by atoms with Crippen molar-refractivity contribution in [1.82, 2.24) is 20.1 Å². The summed E-state index contributed by atoms with van der Waals surface area (Å²) in [6, 6.07) is 14.0. The van der Waals surface area contributed by atoms with Gasteiger partial charge in [0.1, 0.15) is 6.33 Å². The van der Waals surface area contributed by atoms with Crippen molar-refractivity contribution in [2.75, 3.05) is 42.9 Å². The molecular weight excluding hydrogens is 408 g/mol. The number of nitrogens with one attached hydrogen (secondary N) is 2. The Morgan fingerprint density at radius 1 is 1.13 bits per heavy atom. The highest BCUT2D eigenvalue weighted by molar-refractivity contribution is 7.98. The van der Waals surface area contributed by atoms with E-state index in [2.05, 4.69) is 49.4 Å². The van der Waals surface area contributed by atoms with Crippen LogP contribution in [0, 0.1) is 6.92 Å². The summed E-state index contributed by atoms with van der Waals surface area (Å²) in [5, 5.41) is 10.5. The van der Waals surface area contributed by atoms with Gasteiger partial charge in [-0.15, -0.1) is 0 Å². The molecule has 2 N–H and O–H groups in total. The fourth-order valence-electron chi connectivity index (χ4n) is 3.67. The number of anilines is 2. The zero-order chi connectivity index (χ0) is 21.6. The highest BCUT2D eigenvalue weighted by atomic mass is 32.2. The maximum Gasteiger partial charge on any atom is 0.255 e. The number of aromatic amines is 1. The lowest BCUT2D eigenvalue weighted by molar-refractivity contribution is 0.102. The van der Waals surface area contributed by atoms with Gasteiger partial charge in [-0.05, 0) is 54.9 Å². The number of aromatic nitrogens is 3. The van der Waals surface area contributed by atoms with Crippen LogP contribution in [0.2, 0.25) is 0 Å². The van der Waals surface area contributed by atoms with Gasteiger partial charge >= 0.3 is 0 Å². The second-order valence-electron chi connectivity index (χ2n) is 7.65. The number of benzene rings is 2. The fraction of sp³-hybridized carbons (Fsp3) is 0.348. The average molecular weight is 437 g/mol. The van der Waals surface area contributed by atoms with Crippen LogP contribution < -0.4 is 10.2 Å². The normalized spacial score (nSPS) is 14.6. The minimum atomic E-state index is -0.0955. The molecule has 1 aromatic heterocycles. The number of hydrogen-bond acceptors (Lipinski definition) is 6. The van der Waals surface area contributed by atoms with E-state index in [1.165, 1.54) is 12.0 Å². The summed E-state index contributed by atoms with van der Waals surface area (Å²) in [7, 11) is 0. The zero-order valence-electron chi connectivity index (χ0n) is 18.0. The molecule has 7 nitrogen and oxygen atoms in total. The second kappa shape index (κ2) is 9.98. The highest BCUT2D eigenvalue weighted by Gasteiger charge is 2.17. The van der Waals surface area contributed by atoms with Gasteiger partial charge in [0, 0.05) is 48.9 Å². The van der Waals surface area contributed by atoms with E-state index >= 15 is 0 Å². The van der Waals surface area contributed by atoms with Crippen molar-refractivity contribution in [2.24, 2.45) is 0 Å². The summed E-state index contributed by atoms with van der Waals surface area (Å²) < 4.78 is 0. The highest BCUT2D eigenvalue weighted by Crippen LogP contribution is 2.24. The molecule has 1 aliphatic heterocycles. The molecule has 2 aromatic carbocycles. The molecule has 162 valence electrons. The summed E-state index contributed by atoms with van der Waals surface area (Å²) in [5.41, 5.74) is 4.92. The van der Waals surface area contributed by atoms with E-state index in [-0.39, 0.29) is 5.91 Å². The molecule has 1 amide bonds. The maximum absolute atomic E-state index is 12.7. The number of thioether (sulfide) groups is 1. The van der Waals surface area contributed by atoms with Crippen LogP contribution in [-0.2, 0) is 5.75 Å². The number of nitrogens with zero attached hydrogens (tertiary/aromatic N) is 4. The van der Waals surface area contributed by atoms with Crippen molar-refractivity contribution in [3.05, 3.63) is 65.5 Å². The number of amides is 1. The number of piperazine rings is 1. The van der Waals surface area contributed by atoms with E-state index in [4.69, 9.17) is 0 Å². The Balaban J connectivity index is 1.34. The van der Waals surface area contributed by atoms with Gasteiger partial charge in [0.25, 0.3) is 5.91 Å². The Morgan fingerprint density at radius 2 is 1.90 bits per heavy atom. The Kier molecular flexibility index (Phi) is 6.89. The van der Waals surface area contributed by atoms with Gasteiger partial charge < -0.3 is 15.1 Å². The molecule has 0 unspecified atom stereocenters.